The van der Waals surface area contributed by atoms with E-state index in [0.717, 1.165) is 39.1 Å². The van der Waals surface area contributed by atoms with E-state index in [1.807, 2.05) is 0 Å². The number of fused-ring (bicyclic) bond motifs is 1. The van der Waals surface area contributed by atoms with Crippen LogP contribution in [0.3, 0.4) is 0 Å². The monoisotopic (exact) mass is 343 g/mol. The zero-order valence-corrected chi connectivity index (χ0v) is 15.1. The first-order chi connectivity index (χ1) is 11.3. The van der Waals surface area contributed by atoms with Gasteiger partial charge >= 0.3 is 0 Å². The zero-order chi connectivity index (χ0) is 15.6. The molecule has 0 radical (unpaired) electrons. The normalized spacial score (nSPS) is 21.0. The van der Waals surface area contributed by atoms with Crippen molar-refractivity contribution in [2.24, 2.45) is 0 Å². The van der Waals surface area contributed by atoms with Gasteiger partial charge in [-0.15, -0.1) is 12.4 Å². The van der Waals surface area contributed by atoms with E-state index >= 15 is 0 Å². The van der Waals surface area contributed by atoms with Gasteiger partial charge in [0.15, 0.2) is 0 Å². The van der Waals surface area contributed by atoms with E-state index in [2.05, 4.69) is 70.7 Å². The molecule has 0 saturated carbocycles. The molecular weight excluding hydrogens is 318 g/mol. The number of halogens is 1. The lowest BCUT2D eigenvalue weighted by atomic mass is 10.0. The van der Waals surface area contributed by atoms with Crippen molar-refractivity contribution in [2.45, 2.75) is 19.0 Å². The highest BCUT2D eigenvalue weighted by Crippen LogP contribution is 2.31. The smallest absolute Gasteiger partial charge is 0.0479 e. The zero-order valence-electron chi connectivity index (χ0n) is 14.2. The summed E-state index contributed by atoms with van der Waals surface area (Å²) in [6.07, 6.45) is 1.16. The molecule has 1 N–H and O–H groups in total. The fraction of sp³-hybridized carbons (Fsp3) is 0.400. The molecule has 4 heteroatoms. The van der Waals surface area contributed by atoms with E-state index < -0.39 is 0 Å². The van der Waals surface area contributed by atoms with Crippen LogP contribution in [-0.4, -0.2) is 43.0 Å². The summed E-state index contributed by atoms with van der Waals surface area (Å²) in [7, 11) is 2.23. The molecule has 24 heavy (non-hydrogen) atoms. The summed E-state index contributed by atoms with van der Waals surface area (Å²) < 4.78 is 0. The SMILES string of the molecule is CN1CCN(Cc2cccc3c2NCC3)C(c2ccccc2)C1.Cl. The Bertz CT molecular complexity index is 674. The van der Waals surface area contributed by atoms with Gasteiger partial charge in [0, 0.05) is 44.5 Å². The van der Waals surface area contributed by atoms with Crippen LogP contribution in [0.1, 0.15) is 22.7 Å². The molecule has 128 valence electrons. The molecule has 2 aliphatic heterocycles. The van der Waals surface area contributed by atoms with Gasteiger partial charge in [-0.1, -0.05) is 48.5 Å². The molecule has 0 spiro atoms. The molecule has 2 aliphatic rings. The van der Waals surface area contributed by atoms with E-state index in [9.17, 15) is 0 Å². The first-order valence-corrected chi connectivity index (χ1v) is 8.63. The number of para-hydroxylation sites is 1. The molecule has 2 heterocycles. The van der Waals surface area contributed by atoms with Crippen LogP contribution in [0.25, 0.3) is 0 Å². The Morgan fingerprint density at radius 1 is 1.04 bits per heavy atom. The van der Waals surface area contributed by atoms with Gasteiger partial charge in [-0.3, -0.25) is 4.90 Å². The van der Waals surface area contributed by atoms with Crippen LogP contribution in [0, 0.1) is 0 Å². The number of nitrogens with zero attached hydrogens (tertiary/aromatic N) is 2. The maximum Gasteiger partial charge on any atom is 0.0479 e. The third-order valence-electron chi connectivity index (χ3n) is 5.19. The van der Waals surface area contributed by atoms with Crippen molar-refractivity contribution in [2.75, 3.05) is 38.5 Å². The van der Waals surface area contributed by atoms with Crippen LogP contribution in [0.4, 0.5) is 5.69 Å². The molecule has 2 aromatic carbocycles. The Morgan fingerprint density at radius 2 is 1.88 bits per heavy atom. The molecule has 1 saturated heterocycles. The van der Waals surface area contributed by atoms with Crippen LogP contribution < -0.4 is 5.32 Å². The Hall–Kier alpha value is -1.55. The first-order valence-electron chi connectivity index (χ1n) is 8.63. The molecule has 2 aromatic rings. The average Bonchev–Trinajstić information content (AvgIpc) is 3.07. The number of hydrogen-bond donors (Lipinski definition) is 1. The van der Waals surface area contributed by atoms with E-state index in [1.54, 1.807) is 0 Å². The van der Waals surface area contributed by atoms with Crippen LogP contribution in [0.15, 0.2) is 48.5 Å². The average molecular weight is 344 g/mol. The highest BCUT2D eigenvalue weighted by atomic mass is 35.5. The van der Waals surface area contributed by atoms with Crippen molar-refractivity contribution < 1.29 is 0 Å². The lowest BCUT2D eigenvalue weighted by molar-refractivity contribution is 0.0835. The van der Waals surface area contributed by atoms with Gasteiger partial charge in [0.2, 0.25) is 0 Å². The number of hydrogen-bond acceptors (Lipinski definition) is 3. The van der Waals surface area contributed by atoms with Gasteiger partial charge < -0.3 is 10.2 Å². The Morgan fingerprint density at radius 3 is 2.71 bits per heavy atom. The van der Waals surface area contributed by atoms with Gasteiger partial charge in [-0.2, -0.15) is 0 Å². The van der Waals surface area contributed by atoms with E-state index in [4.69, 9.17) is 0 Å². The largest absolute Gasteiger partial charge is 0.384 e. The fourth-order valence-corrected chi connectivity index (χ4v) is 3.90. The number of likely N-dealkylation sites (N-methyl/N-ethyl adjacent to an activating group) is 1. The lowest BCUT2D eigenvalue weighted by Crippen LogP contribution is -2.46. The van der Waals surface area contributed by atoms with Crippen LogP contribution in [0.5, 0.6) is 0 Å². The summed E-state index contributed by atoms with van der Waals surface area (Å²) >= 11 is 0. The number of nitrogens with one attached hydrogen (secondary N) is 1. The molecule has 4 rings (SSSR count). The summed E-state index contributed by atoms with van der Waals surface area (Å²) in [5, 5.41) is 3.58. The minimum atomic E-state index is 0. The van der Waals surface area contributed by atoms with Gasteiger partial charge in [0.25, 0.3) is 0 Å². The van der Waals surface area contributed by atoms with Gasteiger partial charge in [0.05, 0.1) is 0 Å². The Balaban J connectivity index is 0.00000169. The van der Waals surface area contributed by atoms with Crippen molar-refractivity contribution in [3.63, 3.8) is 0 Å². The number of anilines is 1. The van der Waals surface area contributed by atoms with Crippen molar-refractivity contribution in [3.8, 4) is 0 Å². The summed E-state index contributed by atoms with van der Waals surface area (Å²) in [6, 6.07) is 18.2. The van der Waals surface area contributed by atoms with E-state index in [0.29, 0.717) is 6.04 Å². The number of rotatable bonds is 3. The third-order valence-corrected chi connectivity index (χ3v) is 5.19. The van der Waals surface area contributed by atoms with Crippen LogP contribution >= 0.6 is 12.4 Å². The van der Waals surface area contributed by atoms with Gasteiger partial charge in [-0.05, 0) is 30.2 Å². The maximum absolute atomic E-state index is 3.58. The topological polar surface area (TPSA) is 18.5 Å². The van der Waals surface area contributed by atoms with Crippen molar-refractivity contribution in [3.05, 3.63) is 65.2 Å². The van der Waals surface area contributed by atoms with Gasteiger partial charge in [0.1, 0.15) is 0 Å². The molecule has 1 unspecified atom stereocenters. The molecule has 0 bridgehead atoms. The quantitative estimate of drug-likeness (QED) is 0.919. The van der Waals surface area contributed by atoms with Gasteiger partial charge in [-0.25, -0.2) is 0 Å². The molecule has 0 aliphatic carbocycles. The fourth-order valence-electron chi connectivity index (χ4n) is 3.90. The second-order valence-corrected chi connectivity index (χ2v) is 6.79. The second-order valence-electron chi connectivity index (χ2n) is 6.79. The standard InChI is InChI=1S/C20H25N3.ClH/c1-22-12-13-23(19(15-22)16-6-3-2-4-7-16)14-18-9-5-8-17-10-11-21-20(17)18;/h2-9,19,21H,10-15H2,1H3;1H. The van der Waals surface area contributed by atoms with Crippen LogP contribution in [0.2, 0.25) is 0 Å². The van der Waals surface area contributed by atoms with E-state index in [-0.39, 0.29) is 12.4 Å². The number of piperazine rings is 1. The van der Waals surface area contributed by atoms with Crippen molar-refractivity contribution in [1.29, 1.82) is 0 Å². The predicted molar refractivity (Wildman–Crippen MR) is 103 cm³/mol. The summed E-state index contributed by atoms with van der Waals surface area (Å²) in [5.41, 5.74) is 5.75. The summed E-state index contributed by atoms with van der Waals surface area (Å²) in [6.45, 7) is 5.48. The summed E-state index contributed by atoms with van der Waals surface area (Å²) in [5.74, 6) is 0. The Labute approximate surface area is 151 Å². The number of benzene rings is 2. The first kappa shape index (κ1) is 17.3. The highest BCUT2D eigenvalue weighted by molar-refractivity contribution is 5.85. The minimum Gasteiger partial charge on any atom is -0.384 e. The second kappa shape index (κ2) is 7.56. The molecular formula is C20H26ClN3. The van der Waals surface area contributed by atoms with Crippen molar-refractivity contribution >= 4 is 18.1 Å². The minimum absolute atomic E-state index is 0. The van der Waals surface area contributed by atoms with Crippen LogP contribution in [-0.2, 0) is 13.0 Å². The predicted octanol–water partition coefficient (Wildman–Crippen LogP) is 3.57. The lowest BCUT2D eigenvalue weighted by Gasteiger charge is -2.40. The molecule has 1 fully saturated rings. The van der Waals surface area contributed by atoms with Crippen molar-refractivity contribution in [1.82, 2.24) is 9.80 Å². The maximum atomic E-state index is 3.58. The summed E-state index contributed by atoms with van der Waals surface area (Å²) in [4.78, 5) is 5.09. The molecule has 0 aromatic heterocycles. The molecule has 0 amide bonds. The molecule has 1 atom stereocenters. The molecule has 3 nitrogen and oxygen atoms in total. The third kappa shape index (κ3) is 3.44. The Kier molecular flexibility index (Phi) is 5.44. The van der Waals surface area contributed by atoms with E-state index in [1.165, 1.54) is 22.4 Å². The highest BCUT2D eigenvalue weighted by Gasteiger charge is 2.27.